The summed E-state index contributed by atoms with van der Waals surface area (Å²) in [5.74, 6) is 0.819. The van der Waals surface area contributed by atoms with Crippen LogP contribution in [0.2, 0.25) is 0 Å². The molecule has 0 spiro atoms. The van der Waals surface area contributed by atoms with Gasteiger partial charge in [-0.25, -0.2) is 4.98 Å². The van der Waals surface area contributed by atoms with E-state index in [4.69, 9.17) is 15.1 Å². The smallest absolute Gasteiger partial charge is 0.202 e. The second-order valence-electron chi connectivity index (χ2n) is 5.71. The van der Waals surface area contributed by atoms with Gasteiger partial charge in [0.05, 0.1) is 5.41 Å². The molecule has 0 radical (unpaired) electrons. The minimum atomic E-state index is -0.107. The lowest BCUT2D eigenvalue weighted by Gasteiger charge is -2.36. The largest absolute Gasteiger partial charge is 0.440 e. The first-order valence-corrected chi connectivity index (χ1v) is 6.73. The monoisotopic (exact) mass is 244 g/mol. The molecule has 3 rings (SSSR count). The van der Waals surface area contributed by atoms with Gasteiger partial charge in [-0.3, -0.25) is 0 Å². The van der Waals surface area contributed by atoms with Crippen LogP contribution in [0.15, 0.2) is 22.6 Å². The van der Waals surface area contributed by atoms with Gasteiger partial charge in [-0.1, -0.05) is 25.0 Å². The van der Waals surface area contributed by atoms with E-state index < -0.39 is 0 Å². The highest BCUT2D eigenvalue weighted by atomic mass is 16.3. The van der Waals surface area contributed by atoms with Crippen LogP contribution < -0.4 is 5.73 Å². The Labute approximate surface area is 107 Å². The Morgan fingerprint density at radius 1 is 1.39 bits per heavy atom. The first kappa shape index (κ1) is 11.7. The number of fused-ring (bicyclic) bond motifs is 1. The van der Waals surface area contributed by atoms with E-state index in [1.807, 2.05) is 12.1 Å². The fourth-order valence-corrected chi connectivity index (χ4v) is 2.96. The van der Waals surface area contributed by atoms with Gasteiger partial charge in [0.1, 0.15) is 5.52 Å². The number of para-hydroxylation sites is 1. The predicted octanol–water partition coefficient (Wildman–Crippen LogP) is 3.30. The molecule has 0 amide bonds. The number of hydrogen-bond donors (Lipinski definition) is 1. The summed E-state index contributed by atoms with van der Waals surface area (Å²) in [5.41, 5.74) is 9.22. The van der Waals surface area contributed by atoms with Crippen LogP contribution in [0.1, 0.15) is 44.1 Å². The summed E-state index contributed by atoms with van der Waals surface area (Å²) >= 11 is 0. The number of nitrogens with zero attached hydrogens (tertiary/aromatic N) is 1. The van der Waals surface area contributed by atoms with Crippen LogP contribution in [-0.2, 0) is 5.41 Å². The Morgan fingerprint density at radius 2 is 2.22 bits per heavy atom. The Hall–Kier alpha value is -1.35. The molecule has 0 aliphatic heterocycles. The van der Waals surface area contributed by atoms with Gasteiger partial charge in [-0.2, -0.15) is 0 Å². The van der Waals surface area contributed by atoms with Crippen LogP contribution in [0.3, 0.4) is 0 Å². The third-order valence-electron chi connectivity index (χ3n) is 4.39. The van der Waals surface area contributed by atoms with E-state index in [1.54, 1.807) is 0 Å². The summed E-state index contributed by atoms with van der Waals surface area (Å²) in [5, 5.41) is 0. The second kappa shape index (κ2) is 4.09. The number of oxazole rings is 1. The van der Waals surface area contributed by atoms with Gasteiger partial charge in [0, 0.05) is 6.04 Å². The molecule has 1 heterocycles. The molecule has 1 aliphatic carbocycles. The van der Waals surface area contributed by atoms with Gasteiger partial charge in [-0.05, 0) is 38.3 Å². The Morgan fingerprint density at radius 3 is 2.94 bits per heavy atom. The Kier molecular flexibility index (Phi) is 2.67. The van der Waals surface area contributed by atoms with Gasteiger partial charge in [-0.15, -0.1) is 0 Å². The van der Waals surface area contributed by atoms with Crippen molar-refractivity contribution in [2.45, 2.75) is 51.0 Å². The van der Waals surface area contributed by atoms with E-state index in [0.717, 1.165) is 35.4 Å². The lowest BCUT2D eigenvalue weighted by Crippen LogP contribution is -2.45. The summed E-state index contributed by atoms with van der Waals surface area (Å²) < 4.78 is 5.97. The molecule has 1 fully saturated rings. The third kappa shape index (κ3) is 1.65. The molecule has 2 atom stereocenters. The maximum atomic E-state index is 6.31. The third-order valence-corrected chi connectivity index (χ3v) is 4.39. The maximum absolute atomic E-state index is 6.31. The average molecular weight is 244 g/mol. The zero-order valence-electron chi connectivity index (χ0n) is 11.1. The summed E-state index contributed by atoms with van der Waals surface area (Å²) in [6.45, 7) is 4.26. The highest BCUT2D eigenvalue weighted by Crippen LogP contribution is 2.39. The van der Waals surface area contributed by atoms with Crippen molar-refractivity contribution in [3.63, 3.8) is 0 Å². The number of hydrogen-bond acceptors (Lipinski definition) is 3. The molecule has 1 aliphatic rings. The lowest BCUT2D eigenvalue weighted by molar-refractivity contribution is 0.226. The van der Waals surface area contributed by atoms with Gasteiger partial charge in [0.25, 0.3) is 0 Å². The highest BCUT2D eigenvalue weighted by molar-refractivity contribution is 5.76. The molecule has 2 unspecified atom stereocenters. The van der Waals surface area contributed by atoms with Crippen molar-refractivity contribution in [3.05, 3.63) is 29.7 Å². The van der Waals surface area contributed by atoms with Crippen molar-refractivity contribution in [1.29, 1.82) is 0 Å². The summed E-state index contributed by atoms with van der Waals surface area (Å²) in [6, 6.07) is 6.21. The number of benzene rings is 1. The van der Waals surface area contributed by atoms with Crippen molar-refractivity contribution in [3.8, 4) is 0 Å². The van der Waals surface area contributed by atoms with Crippen LogP contribution in [0.4, 0.5) is 0 Å². The molecule has 18 heavy (non-hydrogen) atoms. The van der Waals surface area contributed by atoms with Crippen LogP contribution >= 0.6 is 0 Å². The zero-order chi connectivity index (χ0) is 12.8. The fourth-order valence-electron chi connectivity index (χ4n) is 2.96. The quantitative estimate of drug-likeness (QED) is 0.837. The first-order valence-electron chi connectivity index (χ1n) is 6.73. The van der Waals surface area contributed by atoms with Crippen LogP contribution in [0, 0.1) is 6.92 Å². The van der Waals surface area contributed by atoms with E-state index in [2.05, 4.69) is 19.9 Å². The number of nitrogens with two attached hydrogens (primary N) is 1. The van der Waals surface area contributed by atoms with Gasteiger partial charge in [0.15, 0.2) is 5.58 Å². The SMILES string of the molecule is Cc1cccc2oc(C3(C)CCCCC3N)nc12. The lowest BCUT2D eigenvalue weighted by atomic mass is 9.72. The van der Waals surface area contributed by atoms with E-state index in [-0.39, 0.29) is 11.5 Å². The van der Waals surface area contributed by atoms with Crippen LogP contribution in [0.5, 0.6) is 0 Å². The van der Waals surface area contributed by atoms with E-state index in [1.165, 1.54) is 12.8 Å². The number of aromatic nitrogens is 1. The fraction of sp³-hybridized carbons (Fsp3) is 0.533. The van der Waals surface area contributed by atoms with Crippen molar-refractivity contribution in [2.75, 3.05) is 0 Å². The van der Waals surface area contributed by atoms with Gasteiger partial charge >= 0.3 is 0 Å². The standard InChI is InChI=1S/C15H20N2O/c1-10-6-5-7-11-13(10)17-14(18-11)15(2)9-4-3-8-12(15)16/h5-7,12H,3-4,8-9,16H2,1-2H3. The summed E-state index contributed by atoms with van der Waals surface area (Å²) in [4.78, 5) is 4.71. The van der Waals surface area contributed by atoms with Gasteiger partial charge in [0.2, 0.25) is 5.89 Å². The molecular formula is C15H20N2O. The van der Waals surface area contributed by atoms with E-state index in [0.29, 0.717) is 0 Å². The summed E-state index contributed by atoms with van der Waals surface area (Å²) in [6.07, 6.45) is 4.56. The van der Waals surface area contributed by atoms with E-state index >= 15 is 0 Å². The summed E-state index contributed by atoms with van der Waals surface area (Å²) in [7, 11) is 0. The molecule has 1 aromatic carbocycles. The molecule has 1 aromatic heterocycles. The van der Waals surface area contributed by atoms with E-state index in [9.17, 15) is 0 Å². The van der Waals surface area contributed by atoms with Crippen molar-refractivity contribution in [1.82, 2.24) is 4.98 Å². The zero-order valence-corrected chi connectivity index (χ0v) is 11.1. The molecule has 0 bridgehead atoms. The van der Waals surface area contributed by atoms with Crippen LogP contribution in [-0.4, -0.2) is 11.0 Å². The van der Waals surface area contributed by atoms with Crippen molar-refractivity contribution >= 4 is 11.1 Å². The molecule has 3 nitrogen and oxygen atoms in total. The van der Waals surface area contributed by atoms with Crippen molar-refractivity contribution < 1.29 is 4.42 Å². The molecule has 2 N–H and O–H groups in total. The molecule has 0 saturated heterocycles. The minimum absolute atomic E-state index is 0.107. The molecule has 2 aromatic rings. The highest BCUT2D eigenvalue weighted by Gasteiger charge is 2.40. The van der Waals surface area contributed by atoms with Crippen LogP contribution in [0.25, 0.3) is 11.1 Å². The Balaban J connectivity index is 2.11. The second-order valence-corrected chi connectivity index (χ2v) is 5.71. The minimum Gasteiger partial charge on any atom is -0.440 e. The molecule has 96 valence electrons. The maximum Gasteiger partial charge on any atom is 0.202 e. The first-order chi connectivity index (χ1) is 8.61. The molecular weight excluding hydrogens is 224 g/mol. The van der Waals surface area contributed by atoms with Gasteiger partial charge < -0.3 is 10.2 Å². The predicted molar refractivity (Wildman–Crippen MR) is 72.5 cm³/mol. The average Bonchev–Trinajstić information content (AvgIpc) is 2.79. The van der Waals surface area contributed by atoms with Crippen molar-refractivity contribution in [2.24, 2.45) is 5.73 Å². The molecule has 3 heteroatoms. The Bertz CT molecular complexity index is 575. The number of rotatable bonds is 1. The normalized spacial score (nSPS) is 28.7. The topological polar surface area (TPSA) is 52.0 Å². The number of aryl methyl sites for hydroxylation is 1. The molecule has 1 saturated carbocycles.